The Kier molecular flexibility index (Phi) is 11.1. The van der Waals surface area contributed by atoms with Gasteiger partial charge in [-0.25, -0.2) is 0 Å². The number of carbonyl (C=O) groups is 4. The topological polar surface area (TPSA) is 96.0 Å². The summed E-state index contributed by atoms with van der Waals surface area (Å²) in [6.07, 6.45) is 10.8. The van der Waals surface area contributed by atoms with Crippen LogP contribution in [-0.2, 0) is 34.1 Å². The second-order valence-electron chi connectivity index (χ2n) is 12.2. The van der Waals surface area contributed by atoms with Gasteiger partial charge in [0.05, 0.1) is 12.5 Å². The molecule has 0 heterocycles. The van der Waals surface area contributed by atoms with Crippen LogP contribution in [0.2, 0.25) is 0 Å². The lowest BCUT2D eigenvalue weighted by Crippen LogP contribution is -2.40. The quantitative estimate of drug-likeness (QED) is 0.121. The first kappa shape index (κ1) is 31.6. The molecule has 0 N–H and O–H groups in total. The normalized spacial score (nSPS) is 24.4. The lowest BCUT2D eigenvalue weighted by atomic mass is 9.60. The Morgan fingerprint density at radius 1 is 0.950 bits per heavy atom. The maximum absolute atomic E-state index is 12.3. The van der Waals surface area contributed by atoms with Gasteiger partial charge in [0, 0.05) is 32.3 Å². The standard InChI is InChI=1S/C33H46O7/c1-7-8-9-10-15-33(5,6)25-12-14-27(31(17-25)39-22(3)36)29-18-32(40-23(4)37)30(19-34)26-13-11-24(16-28(26)29)20-38-21(2)35/h12,14,17-19,24,26,28-30H,7-11,13,15-16,20H2,1-6H3. The first-order valence-electron chi connectivity index (χ1n) is 14.8. The fraction of sp³-hybridized carbons (Fsp3) is 0.636. The predicted octanol–water partition coefficient (Wildman–Crippen LogP) is 6.81. The molecule has 1 aromatic carbocycles. The van der Waals surface area contributed by atoms with E-state index in [9.17, 15) is 19.2 Å². The van der Waals surface area contributed by atoms with Crippen LogP contribution in [0.25, 0.3) is 0 Å². The average molecular weight is 555 g/mol. The van der Waals surface area contributed by atoms with Crippen molar-refractivity contribution in [2.45, 2.75) is 104 Å². The minimum absolute atomic E-state index is 0.0195. The van der Waals surface area contributed by atoms with Crippen LogP contribution in [0.3, 0.4) is 0 Å². The highest BCUT2D eigenvalue weighted by Gasteiger charge is 2.46. The van der Waals surface area contributed by atoms with E-state index >= 15 is 0 Å². The second kappa shape index (κ2) is 14.1. The number of rotatable bonds is 12. The van der Waals surface area contributed by atoms with Gasteiger partial charge in [0.25, 0.3) is 0 Å². The molecule has 2 aliphatic carbocycles. The smallest absolute Gasteiger partial charge is 0.308 e. The molecule has 1 aromatic rings. The number of ether oxygens (including phenoxy) is 3. The summed E-state index contributed by atoms with van der Waals surface area (Å²) in [7, 11) is 0. The van der Waals surface area contributed by atoms with Crippen molar-refractivity contribution in [1.82, 2.24) is 0 Å². The van der Waals surface area contributed by atoms with E-state index in [2.05, 4.69) is 26.8 Å². The molecule has 0 spiro atoms. The number of allylic oxidation sites excluding steroid dienone is 2. The molecule has 0 radical (unpaired) electrons. The fourth-order valence-electron chi connectivity index (χ4n) is 6.56. The van der Waals surface area contributed by atoms with Crippen LogP contribution in [0.15, 0.2) is 30.0 Å². The summed E-state index contributed by atoms with van der Waals surface area (Å²) in [6, 6.07) is 6.12. The Balaban J connectivity index is 2.05. The van der Waals surface area contributed by atoms with Crippen LogP contribution in [0.1, 0.15) is 110 Å². The van der Waals surface area contributed by atoms with Gasteiger partial charge in [-0.05, 0) is 66.6 Å². The summed E-state index contributed by atoms with van der Waals surface area (Å²) in [5.74, 6) is -0.970. The Morgan fingerprint density at radius 2 is 1.68 bits per heavy atom. The maximum Gasteiger partial charge on any atom is 0.308 e. The van der Waals surface area contributed by atoms with Gasteiger partial charge in [-0.3, -0.25) is 14.4 Å². The molecular formula is C33H46O7. The summed E-state index contributed by atoms with van der Waals surface area (Å²) in [6.45, 7) is 11.1. The number of aldehydes is 1. The minimum atomic E-state index is -0.529. The van der Waals surface area contributed by atoms with Crippen molar-refractivity contribution in [3.05, 3.63) is 41.2 Å². The molecule has 3 rings (SSSR count). The summed E-state index contributed by atoms with van der Waals surface area (Å²) < 4.78 is 16.7. The van der Waals surface area contributed by atoms with E-state index < -0.39 is 17.9 Å². The molecule has 0 amide bonds. The van der Waals surface area contributed by atoms with E-state index in [0.29, 0.717) is 18.1 Å². The predicted molar refractivity (Wildman–Crippen MR) is 153 cm³/mol. The van der Waals surface area contributed by atoms with E-state index in [-0.39, 0.29) is 35.1 Å². The molecule has 40 heavy (non-hydrogen) atoms. The maximum atomic E-state index is 12.3. The summed E-state index contributed by atoms with van der Waals surface area (Å²) >= 11 is 0. The molecule has 5 atom stereocenters. The molecule has 2 aliphatic rings. The number of unbranched alkanes of at least 4 members (excludes halogenated alkanes) is 3. The molecule has 7 heteroatoms. The molecule has 0 bridgehead atoms. The summed E-state index contributed by atoms with van der Waals surface area (Å²) in [5, 5.41) is 0. The van der Waals surface area contributed by atoms with Gasteiger partial charge in [-0.2, -0.15) is 0 Å². The van der Waals surface area contributed by atoms with E-state index in [1.165, 1.54) is 40.0 Å². The number of esters is 3. The second-order valence-corrected chi connectivity index (χ2v) is 12.2. The highest BCUT2D eigenvalue weighted by molar-refractivity contribution is 5.71. The molecule has 0 aliphatic heterocycles. The lowest BCUT2D eigenvalue weighted by molar-refractivity contribution is -0.143. The first-order chi connectivity index (χ1) is 19.0. The van der Waals surface area contributed by atoms with Crippen molar-refractivity contribution in [2.75, 3.05) is 6.61 Å². The minimum Gasteiger partial charge on any atom is -0.466 e. The largest absolute Gasteiger partial charge is 0.466 e. The Bertz CT molecular complexity index is 1100. The number of carbonyl (C=O) groups excluding carboxylic acids is 4. The van der Waals surface area contributed by atoms with Crippen LogP contribution in [0.5, 0.6) is 5.75 Å². The fourth-order valence-corrected chi connectivity index (χ4v) is 6.56. The molecule has 7 nitrogen and oxygen atoms in total. The van der Waals surface area contributed by atoms with Crippen molar-refractivity contribution in [3.63, 3.8) is 0 Å². The summed E-state index contributed by atoms with van der Waals surface area (Å²) in [5.41, 5.74) is 1.83. The highest BCUT2D eigenvalue weighted by atomic mass is 16.5. The van der Waals surface area contributed by atoms with Crippen molar-refractivity contribution >= 4 is 24.2 Å². The number of hydrogen-bond donors (Lipinski definition) is 0. The third-order valence-electron chi connectivity index (χ3n) is 8.65. The molecular weight excluding hydrogens is 508 g/mol. The van der Waals surface area contributed by atoms with Gasteiger partial charge in [0.15, 0.2) is 0 Å². The van der Waals surface area contributed by atoms with Gasteiger partial charge in [0.1, 0.15) is 17.8 Å². The Morgan fingerprint density at radius 3 is 2.30 bits per heavy atom. The summed E-state index contributed by atoms with van der Waals surface area (Å²) in [4.78, 5) is 48.0. The zero-order valence-electron chi connectivity index (χ0n) is 25.0. The van der Waals surface area contributed by atoms with Gasteiger partial charge >= 0.3 is 17.9 Å². The van der Waals surface area contributed by atoms with Crippen LogP contribution in [-0.4, -0.2) is 30.8 Å². The average Bonchev–Trinajstić information content (AvgIpc) is 2.89. The third-order valence-corrected chi connectivity index (χ3v) is 8.65. The molecule has 220 valence electrons. The van der Waals surface area contributed by atoms with E-state index in [4.69, 9.17) is 14.2 Å². The molecule has 1 fully saturated rings. The molecule has 1 saturated carbocycles. The number of benzene rings is 1. The van der Waals surface area contributed by atoms with E-state index in [0.717, 1.165) is 49.5 Å². The zero-order valence-corrected chi connectivity index (χ0v) is 25.0. The van der Waals surface area contributed by atoms with Gasteiger partial charge in [-0.15, -0.1) is 0 Å². The lowest BCUT2D eigenvalue weighted by Gasteiger charge is -2.45. The van der Waals surface area contributed by atoms with Gasteiger partial charge < -0.3 is 19.0 Å². The van der Waals surface area contributed by atoms with Gasteiger partial charge in [0.2, 0.25) is 0 Å². The first-order valence-corrected chi connectivity index (χ1v) is 14.8. The monoisotopic (exact) mass is 554 g/mol. The number of hydrogen-bond acceptors (Lipinski definition) is 7. The Hall–Kier alpha value is -2.96. The third kappa shape index (κ3) is 8.05. The van der Waals surface area contributed by atoms with Crippen LogP contribution in [0, 0.1) is 23.7 Å². The van der Waals surface area contributed by atoms with Crippen LogP contribution >= 0.6 is 0 Å². The SMILES string of the molecule is CCCCCCC(C)(C)c1ccc(C2C=C(OC(C)=O)C(C=O)C3CCC(COC(C)=O)CC23)c(OC(C)=O)c1. The van der Waals surface area contributed by atoms with Crippen LogP contribution < -0.4 is 4.74 Å². The van der Waals surface area contributed by atoms with Crippen LogP contribution in [0.4, 0.5) is 0 Å². The van der Waals surface area contributed by atoms with Crippen molar-refractivity contribution in [1.29, 1.82) is 0 Å². The van der Waals surface area contributed by atoms with E-state index in [1.807, 2.05) is 18.2 Å². The molecule has 0 aromatic heterocycles. The molecule has 0 saturated heterocycles. The van der Waals surface area contributed by atoms with E-state index in [1.54, 1.807) is 0 Å². The highest BCUT2D eigenvalue weighted by Crippen LogP contribution is 2.53. The zero-order chi connectivity index (χ0) is 29.4. The van der Waals surface area contributed by atoms with Crippen molar-refractivity contribution < 1.29 is 33.4 Å². The van der Waals surface area contributed by atoms with Crippen molar-refractivity contribution in [2.24, 2.45) is 23.7 Å². The molecule has 5 unspecified atom stereocenters. The Labute approximate surface area is 239 Å². The number of fused-ring (bicyclic) bond motifs is 1. The van der Waals surface area contributed by atoms with Crippen molar-refractivity contribution in [3.8, 4) is 5.75 Å². The van der Waals surface area contributed by atoms with Gasteiger partial charge in [-0.1, -0.05) is 58.6 Å².